The summed E-state index contributed by atoms with van der Waals surface area (Å²) in [6, 6.07) is 18.9. The summed E-state index contributed by atoms with van der Waals surface area (Å²) in [5, 5.41) is 18.2. The number of anilines is 1. The average Bonchev–Trinajstić information content (AvgIpc) is 4.17. The maximum absolute atomic E-state index is 14.5. The van der Waals surface area contributed by atoms with Crippen LogP contribution in [0.2, 0.25) is 0 Å². The van der Waals surface area contributed by atoms with Crippen LogP contribution in [0.25, 0.3) is 33.2 Å². The number of ether oxygens (including phenoxy) is 2. The van der Waals surface area contributed by atoms with Gasteiger partial charge in [-0.05, 0) is 96.5 Å². The number of alkyl carbamates (subject to hydrolysis) is 1. The average molecular weight is 1110 g/mol. The van der Waals surface area contributed by atoms with Crippen molar-refractivity contribution in [3.63, 3.8) is 0 Å². The molecule has 1 unspecified atom stereocenters. The van der Waals surface area contributed by atoms with Gasteiger partial charge in [0.05, 0.1) is 30.9 Å². The predicted molar refractivity (Wildman–Crippen MR) is 277 cm³/mol. The zero-order valence-corrected chi connectivity index (χ0v) is 43.4. The van der Waals surface area contributed by atoms with Crippen LogP contribution in [0.3, 0.4) is 0 Å². The number of aromatic nitrogens is 3. The van der Waals surface area contributed by atoms with Crippen molar-refractivity contribution in [3.8, 4) is 34.2 Å². The standard InChI is InChI=1S/C55H52F4N10O9S/c1-31(14-16-62-49(70)13-8-32-4-3-5-35-27-68(28-43(32)35)50(71)21-36-19-47(66-51(36)72)53(73)69-30-55(58,59)23-40(69)24-60)65-54(74)78-29-39-10-6-34(25-63-39)41-15-17-61-45-11-7-33(18-42(41)45)37-20-46(52(77-2)64-26-37)67-79(75,76)48-12-9-38(56)22-44(48)57/h3-7,9-12,15,17-18,20,22,25-26,31,36,40,47,67H,8,13-14,16,19,21,23,27-30H2,1-2H3,(H,62,70)(H,65,74)(H,66,72)/t31?,36-,40-,47-/m0/s1. The number of nitrogens with zero attached hydrogens (tertiary/aromatic N) is 6. The van der Waals surface area contributed by atoms with Crippen LogP contribution in [0.15, 0.2) is 102 Å². The monoisotopic (exact) mass is 1100 g/mol. The first-order valence-electron chi connectivity index (χ1n) is 25.1. The molecule has 3 aromatic carbocycles. The number of methoxy groups -OCH3 is 1. The Morgan fingerprint density at radius 3 is 2.52 bits per heavy atom. The second kappa shape index (κ2) is 23.1. The van der Waals surface area contributed by atoms with E-state index in [0.717, 1.165) is 50.2 Å². The molecular weight excluding hydrogens is 1050 g/mol. The van der Waals surface area contributed by atoms with Crippen molar-refractivity contribution in [2.24, 2.45) is 5.92 Å². The van der Waals surface area contributed by atoms with E-state index in [1.54, 1.807) is 48.5 Å². The van der Waals surface area contributed by atoms with Gasteiger partial charge in [0, 0.05) is 92.0 Å². The van der Waals surface area contributed by atoms with Crippen LogP contribution in [0.1, 0.15) is 61.4 Å². The minimum Gasteiger partial charge on any atom is -0.480 e. The van der Waals surface area contributed by atoms with Gasteiger partial charge >= 0.3 is 6.09 Å². The summed E-state index contributed by atoms with van der Waals surface area (Å²) in [6.07, 6.45) is 4.04. The molecule has 6 aromatic rings. The number of nitriles is 1. The number of carbonyl (C=O) groups is 5. The van der Waals surface area contributed by atoms with E-state index in [-0.39, 0.29) is 68.4 Å². The van der Waals surface area contributed by atoms with Crippen molar-refractivity contribution < 1.29 is 59.4 Å². The van der Waals surface area contributed by atoms with Gasteiger partial charge in [0.2, 0.25) is 29.5 Å². The van der Waals surface area contributed by atoms with Crippen molar-refractivity contribution in [1.82, 2.24) is 40.7 Å². The number of nitrogens with one attached hydrogen (secondary N) is 4. The highest BCUT2D eigenvalue weighted by atomic mass is 32.2. The van der Waals surface area contributed by atoms with Crippen LogP contribution in [-0.2, 0) is 60.1 Å². The molecule has 3 aliphatic heterocycles. The number of hydrogen-bond donors (Lipinski definition) is 4. The van der Waals surface area contributed by atoms with Gasteiger partial charge < -0.3 is 35.2 Å². The molecule has 9 rings (SSSR count). The molecule has 0 spiro atoms. The quantitative estimate of drug-likeness (QED) is 0.0655. The molecule has 19 nitrogen and oxygen atoms in total. The molecule has 0 saturated carbocycles. The summed E-state index contributed by atoms with van der Waals surface area (Å²) in [5.41, 5.74) is 6.34. The van der Waals surface area contributed by atoms with Gasteiger partial charge in [-0.2, -0.15) is 5.26 Å². The van der Waals surface area contributed by atoms with Crippen LogP contribution in [-0.4, -0.2) is 107 Å². The molecule has 4 atom stereocenters. The Labute approximate surface area is 450 Å². The second-order valence-corrected chi connectivity index (χ2v) is 21.2. The van der Waals surface area contributed by atoms with Crippen LogP contribution in [0.5, 0.6) is 5.88 Å². The van der Waals surface area contributed by atoms with E-state index < -0.39 is 81.4 Å². The number of hydrogen-bond acceptors (Lipinski definition) is 13. The fourth-order valence-electron chi connectivity index (χ4n) is 9.89. The molecule has 3 aromatic heterocycles. The van der Waals surface area contributed by atoms with Crippen LogP contribution >= 0.6 is 0 Å². The van der Waals surface area contributed by atoms with Gasteiger partial charge in [-0.3, -0.25) is 33.9 Å². The number of amides is 5. The zero-order chi connectivity index (χ0) is 56.2. The van der Waals surface area contributed by atoms with E-state index in [0.29, 0.717) is 47.8 Å². The molecule has 410 valence electrons. The Morgan fingerprint density at radius 1 is 0.962 bits per heavy atom. The first-order chi connectivity index (χ1) is 37.8. The maximum atomic E-state index is 14.5. The summed E-state index contributed by atoms with van der Waals surface area (Å²) < 4.78 is 95.3. The lowest BCUT2D eigenvalue weighted by atomic mass is 9.98. The maximum Gasteiger partial charge on any atom is 0.407 e. The van der Waals surface area contributed by atoms with E-state index in [2.05, 4.69) is 35.6 Å². The Balaban J connectivity index is 0.713. The van der Waals surface area contributed by atoms with Gasteiger partial charge in [0.15, 0.2) is 0 Å². The van der Waals surface area contributed by atoms with Gasteiger partial charge in [0.25, 0.3) is 15.9 Å². The van der Waals surface area contributed by atoms with Crippen molar-refractivity contribution in [2.75, 3.05) is 24.9 Å². The largest absolute Gasteiger partial charge is 0.480 e. The topological polar surface area (TPSA) is 255 Å². The lowest BCUT2D eigenvalue weighted by Gasteiger charge is -2.22. The zero-order valence-electron chi connectivity index (χ0n) is 42.6. The van der Waals surface area contributed by atoms with Crippen LogP contribution in [0, 0.1) is 28.9 Å². The molecule has 2 fully saturated rings. The number of fused-ring (bicyclic) bond motifs is 2. The summed E-state index contributed by atoms with van der Waals surface area (Å²) in [4.78, 5) is 79.8. The Hall–Kier alpha value is -8.72. The lowest BCUT2D eigenvalue weighted by Crippen LogP contribution is -2.46. The first-order valence-corrected chi connectivity index (χ1v) is 26.6. The molecule has 5 amide bonds. The molecule has 0 bridgehead atoms. The minimum absolute atomic E-state index is 0.0524. The minimum atomic E-state index is -4.52. The Morgan fingerprint density at radius 2 is 1.76 bits per heavy atom. The van der Waals surface area contributed by atoms with Gasteiger partial charge in [-0.1, -0.05) is 30.3 Å². The van der Waals surface area contributed by atoms with Crippen molar-refractivity contribution in [3.05, 3.63) is 131 Å². The smallest absolute Gasteiger partial charge is 0.407 e. The number of benzene rings is 3. The fraction of sp³-hybridized carbons (Fsp3) is 0.327. The number of halogens is 4. The highest BCUT2D eigenvalue weighted by Gasteiger charge is 2.50. The molecule has 0 aliphatic carbocycles. The third kappa shape index (κ3) is 12.7. The fourth-order valence-corrected chi connectivity index (χ4v) is 11.0. The molecule has 0 radical (unpaired) electrons. The molecule has 4 N–H and O–H groups in total. The van der Waals surface area contributed by atoms with E-state index in [4.69, 9.17) is 9.47 Å². The summed E-state index contributed by atoms with van der Waals surface area (Å²) in [5.74, 6) is -8.14. The van der Waals surface area contributed by atoms with E-state index >= 15 is 0 Å². The first kappa shape index (κ1) is 55.0. The van der Waals surface area contributed by atoms with Gasteiger partial charge in [-0.15, -0.1) is 0 Å². The number of pyridine rings is 3. The summed E-state index contributed by atoms with van der Waals surface area (Å²) >= 11 is 0. The second-order valence-electron chi connectivity index (χ2n) is 19.5. The number of alkyl halides is 2. The van der Waals surface area contributed by atoms with Gasteiger partial charge in [0.1, 0.15) is 40.9 Å². The molecule has 79 heavy (non-hydrogen) atoms. The number of aryl methyl sites for hydroxylation is 1. The highest BCUT2D eigenvalue weighted by Crippen LogP contribution is 2.37. The van der Waals surface area contributed by atoms with E-state index in [1.807, 2.05) is 36.4 Å². The third-order valence-electron chi connectivity index (χ3n) is 14.0. The number of carbonyl (C=O) groups excluding carboxylic acids is 5. The van der Waals surface area contributed by atoms with Crippen molar-refractivity contribution in [1.29, 1.82) is 5.26 Å². The van der Waals surface area contributed by atoms with Crippen LogP contribution < -0.4 is 25.4 Å². The molecule has 24 heteroatoms. The molecule has 6 heterocycles. The SMILES string of the molecule is COc1ncc(-c2ccc3nccc(-c4ccc(COC(=O)NC(C)CCNC(=O)CCc5cccc6c5CN(C(=O)C[C@@H]5C[C@@H](C(=O)N7CC(F)(F)C[C@H]7C#N)NC5=O)C6)nc4)c3c2)cc1NS(=O)(=O)c1ccc(F)cc1F. The van der Waals surface area contributed by atoms with E-state index in [1.165, 1.54) is 19.4 Å². The van der Waals surface area contributed by atoms with Crippen LogP contribution in [0.4, 0.5) is 28.0 Å². The Bertz CT molecular complexity index is 3530. The highest BCUT2D eigenvalue weighted by molar-refractivity contribution is 7.92. The Kier molecular flexibility index (Phi) is 16.1. The van der Waals surface area contributed by atoms with Crippen molar-refractivity contribution >= 4 is 56.3 Å². The summed E-state index contributed by atoms with van der Waals surface area (Å²) in [6.45, 7) is 1.57. The molecule has 3 aliphatic rings. The predicted octanol–water partition coefficient (Wildman–Crippen LogP) is 6.70. The van der Waals surface area contributed by atoms with E-state index in [9.17, 15) is 55.2 Å². The van der Waals surface area contributed by atoms with Crippen molar-refractivity contribution in [2.45, 2.75) is 94.1 Å². The third-order valence-corrected chi connectivity index (χ3v) is 15.4. The summed E-state index contributed by atoms with van der Waals surface area (Å²) in [7, 11) is -3.22. The lowest BCUT2D eigenvalue weighted by molar-refractivity contribution is -0.135. The number of sulfonamides is 1. The number of rotatable bonds is 18. The molecule has 2 saturated heterocycles. The normalized spacial score (nSPS) is 17.8. The molecular formula is C55H52F4N10O9S. The number of likely N-dealkylation sites (tertiary alicyclic amines) is 1. The van der Waals surface area contributed by atoms with Gasteiger partial charge in [-0.25, -0.2) is 35.8 Å².